The van der Waals surface area contributed by atoms with Crippen LogP contribution in [0.4, 0.5) is 5.69 Å². The van der Waals surface area contributed by atoms with Gasteiger partial charge >= 0.3 is 0 Å². The molecule has 7 heteroatoms. The molecule has 28 heavy (non-hydrogen) atoms. The van der Waals surface area contributed by atoms with E-state index in [1.807, 2.05) is 24.3 Å². The molecule has 1 saturated heterocycles. The Labute approximate surface area is 171 Å². The zero-order chi connectivity index (χ0) is 20.3. The fourth-order valence-electron chi connectivity index (χ4n) is 3.24. The highest BCUT2D eigenvalue weighted by atomic mass is 35.5. The quantitative estimate of drug-likeness (QED) is 0.723. The summed E-state index contributed by atoms with van der Waals surface area (Å²) in [5.41, 5.74) is 2.13. The molecule has 1 aliphatic rings. The number of hydrogen-bond acceptors (Lipinski definition) is 3. The Morgan fingerprint density at radius 2 is 1.79 bits per heavy atom. The van der Waals surface area contributed by atoms with E-state index in [0.29, 0.717) is 24.7 Å². The van der Waals surface area contributed by atoms with Gasteiger partial charge in [0.1, 0.15) is 4.90 Å². The van der Waals surface area contributed by atoms with Crippen molar-refractivity contribution >= 4 is 33.2 Å². The summed E-state index contributed by atoms with van der Waals surface area (Å²) in [4.78, 5) is 12.6. The summed E-state index contributed by atoms with van der Waals surface area (Å²) in [5, 5.41) is 2.95. The van der Waals surface area contributed by atoms with Crippen LogP contribution in [0.15, 0.2) is 47.4 Å². The lowest BCUT2D eigenvalue weighted by Crippen LogP contribution is -2.28. The fraction of sp³-hybridized carbons (Fsp3) is 0.381. The van der Waals surface area contributed by atoms with Gasteiger partial charge in [0.2, 0.25) is 10.0 Å². The molecule has 1 atom stereocenters. The molecule has 5 nitrogen and oxygen atoms in total. The number of carbonyl (C=O) groups excluding carboxylic acids is 1. The van der Waals surface area contributed by atoms with E-state index in [-0.39, 0.29) is 21.4 Å². The molecular formula is C21H25ClN2O3S. The monoisotopic (exact) mass is 420 g/mol. The molecule has 0 aromatic heterocycles. The standard InChI is InChI=1S/C21H25ClN2O3S/c1-3-15(2)16-6-9-18(10-7-16)23-21(25)17-8-11-19(22)20(14-17)28(26,27)24-12-4-5-13-24/h6-11,14-15H,3-5,12-13H2,1-2H3,(H,23,25)/t15-/m0/s1. The van der Waals surface area contributed by atoms with Crippen molar-refractivity contribution in [2.45, 2.75) is 43.9 Å². The molecule has 1 heterocycles. The molecule has 1 N–H and O–H groups in total. The minimum atomic E-state index is -3.69. The second kappa shape index (κ2) is 8.64. The van der Waals surface area contributed by atoms with Crippen LogP contribution in [-0.2, 0) is 10.0 Å². The highest BCUT2D eigenvalue weighted by Crippen LogP contribution is 2.28. The van der Waals surface area contributed by atoms with E-state index in [2.05, 4.69) is 19.2 Å². The van der Waals surface area contributed by atoms with Crippen molar-refractivity contribution in [1.82, 2.24) is 4.31 Å². The van der Waals surface area contributed by atoms with Crippen LogP contribution < -0.4 is 5.32 Å². The third-order valence-electron chi connectivity index (χ3n) is 5.23. The highest BCUT2D eigenvalue weighted by molar-refractivity contribution is 7.89. The van der Waals surface area contributed by atoms with Crippen LogP contribution in [0.25, 0.3) is 0 Å². The smallest absolute Gasteiger partial charge is 0.255 e. The first kappa shape index (κ1) is 20.8. The van der Waals surface area contributed by atoms with E-state index in [4.69, 9.17) is 11.6 Å². The van der Waals surface area contributed by atoms with Gasteiger partial charge < -0.3 is 5.32 Å². The number of sulfonamides is 1. The first-order chi connectivity index (χ1) is 13.3. The third-order valence-corrected chi connectivity index (χ3v) is 7.61. The van der Waals surface area contributed by atoms with Crippen molar-refractivity contribution < 1.29 is 13.2 Å². The number of nitrogens with zero attached hydrogens (tertiary/aromatic N) is 1. The predicted octanol–water partition coefficient (Wildman–Crippen LogP) is 4.89. The van der Waals surface area contributed by atoms with Crippen molar-refractivity contribution in [1.29, 1.82) is 0 Å². The molecule has 0 spiro atoms. The Morgan fingerprint density at radius 1 is 1.14 bits per heavy atom. The Balaban J connectivity index is 1.81. The van der Waals surface area contributed by atoms with Gasteiger partial charge in [-0.2, -0.15) is 4.31 Å². The lowest BCUT2D eigenvalue weighted by molar-refractivity contribution is 0.102. The first-order valence-corrected chi connectivity index (χ1v) is 11.4. The predicted molar refractivity (Wildman–Crippen MR) is 113 cm³/mol. The van der Waals surface area contributed by atoms with Crippen molar-refractivity contribution in [3.63, 3.8) is 0 Å². The molecule has 0 aliphatic carbocycles. The lowest BCUT2D eigenvalue weighted by atomic mass is 9.98. The van der Waals surface area contributed by atoms with Crippen LogP contribution in [0.1, 0.15) is 54.9 Å². The molecule has 1 amide bonds. The zero-order valence-corrected chi connectivity index (χ0v) is 17.7. The molecule has 2 aromatic carbocycles. The molecule has 0 bridgehead atoms. The third kappa shape index (κ3) is 4.40. The molecule has 0 saturated carbocycles. The summed E-state index contributed by atoms with van der Waals surface area (Å²) in [6.07, 6.45) is 2.72. The number of anilines is 1. The summed E-state index contributed by atoms with van der Waals surface area (Å²) in [5.74, 6) is 0.0881. The molecule has 0 radical (unpaired) electrons. The Hall–Kier alpha value is -1.89. The molecule has 1 fully saturated rings. The molecule has 2 aromatic rings. The van der Waals surface area contributed by atoms with Gasteiger partial charge in [-0.1, -0.05) is 37.6 Å². The minimum absolute atomic E-state index is 0.0177. The van der Waals surface area contributed by atoms with Gasteiger partial charge in [-0.25, -0.2) is 8.42 Å². The van der Waals surface area contributed by atoms with Gasteiger partial charge in [0, 0.05) is 24.3 Å². The van der Waals surface area contributed by atoms with Crippen molar-refractivity contribution in [2.24, 2.45) is 0 Å². The Kier molecular flexibility index (Phi) is 6.43. The molecule has 1 aliphatic heterocycles. The van der Waals surface area contributed by atoms with E-state index < -0.39 is 10.0 Å². The van der Waals surface area contributed by atoms with Gasteiger partial charge in [-0.3, -0.25) is 4.79 Å². The number of carbonyl (C=O) groups is 1. The van der Waals surface area contributed by atoms with Crippen LogP contribution in [0, 0.1) is 0 Å². The van der Waals surface area contributed by atoms with Crippen molar-refractivity contribution in [2.75, 3.05) is 18.4 Å². The zero-order valence-electron chi connectivity index (χ0n) is 16.1. The topological polar surface area (TPSA) is 66.5 Å². The Bertz CT molecular complexity index is 952. The molecular weight excluding hydrogens is 396 g/mol. The maximum atomic E-state index is 12.8. The van der Waals surface area contributed by atoms with Crippen LogP contribution in [0.3, 0.4) is 0 Å². The maximum absolute atomic E-state index is 12.8. The summed E-state index contributed by atoms with van der Waals surface area (Å²) < 4.78 is 27.1. The summed E-state index contributed by atoms with van der Waals surface area (Å²) >= 11 is 6.15. The fourth-order valence-corrected chi connectivity index (χ4v) is 5.26. The number of hydrogen-bond donors (Lipinski definition) is 1. The lowest BCUT2D eigenvalue weighted by Gasteiger charge is -2.17. The summed E-state index contributed by atoms with van der Waals surface area (Å²) in [6, 6.07) is 12.1. The molecule has 0 unspecified atom stereocenters. The number of benzene rings is 2. The summed E-state index contributed by atoms with van der Waals surface area (Å²) in [7, 11) is -3.69. The van der Waals surface area contributed by atoms with Gasteiger partial charge in [-0.15, -0.1) is 0 Å². The second-order valence-electron chi connectivity index (χ2n) is 7.14. The van der Waals surface area contributed by atoms with E-state index in [1.165, 1.54) is 28.1 Å². The van der Waals surface area contributed by atoms with Gasteiger partial charge in [-0.05, 0) is 61.1 Å². The Morgan fingerprint density at radius 3 is 2.39 bits per heavy atom. The van der Waals surface area contributed by atoms with Crippen LogP contribution in [-0.4, -0.2) is 31.7 Å². The number of rotatable bonds is 6. The summed E-state index contributed by atoms with van der Waals surface area (Å²) in [6.45, 7) is 5.26. The average molecular weight is 421 g/mol. The van der Waals surface area contributed by atoms with Gasteiger partial charge in [0.15, 0.2) is 0 Å². The molecule has 150 valence electrons. The van der Waals surface area contributed by atoms with Crippen molar-refractivity contribution in [3.8, 4) is 0 Å². The van der Waals surface area contributed by atoms with E-state index in [9.17, 15) is 13.2 Å². The first-order valence-electron chi connectivity index (χ1n) is 9.54. The number of halogens is 1. The van der Waals surface area contributed by atoms with Gasteiger partial charge in [0.05, 0.1) is 5.02 Å². The minimum Gasteiger partial charge on any atom is -0.322 e. The number of nitrogens with one attached hydrogen (secondary N) is 1. The SMILES string of the molecule is CC[C@H](C)c1ccc(NC(=O)c2ccc(Cl)c(S(=O)(=O)N3CCCC3)c2)cc1. The van der Waals surface area contributed by atoms with Crippen LogP contribution in [0.5, 0.6) is 0 Å². The van der Waals surface area contributed by atoms with Crippen LogP contribution in [0.2, 0.25) is 5.02 Å². The van der Waals surface area contributed by atoms with Crippen molar-refractivity contribution in [3.05, 3.63) is 58.6 Å². The van der Waals surface area contributed by atoms with Crippen LogP contribution >= 0.6 is 11.6 Å². The van der Waals surface area contributed by atoms with Gasteiger partial charge in [0.25, 0.3) is 5.91 Å². The second-order valence-corrected chi connectivity index (χ2v) is 9.46. The highest BCUT2D eigenvalue weighted by Gasteiger charge is 2.29. The largest absolute Gasteiger partial charge is 0.322 e. The van der Waals surface area contributed by atoms with E-state index in [1.54, 1.807) is 0 Å². The average Bonchev–Trinajstić information content (AvgIpc) is 3.24. The maximum Gasteiger partial charge on any atom is 0.255 e. The van der Waals surface area contributed by atoms with E-state index >= 15 is 0 Å². The normalized spacial score (nSPS) is 16.1. The number of amides is 1. The van der Waals surface area contributed by atoms with E-state index in [0.717, 1.165) is 19.3 Å². The molecule has 3 rings (SSSR count).